The highest BCUT2D eigenvalue weighted by atomic mass is 32.2. The van der Waals surface area contributed by atoms with Crippen LogP contribution in [-0.4, -0.2) is 71.3 Å². The summed E-state index contributed by atoms with van der Waals surface area (Å²) in [5.41, 5.74) is 0. The quantitative estimate of drug-likeness (QED) is 0.791. The van der Waals surface area contributed by atoms with Gasteiger partial charge in [0.05, 0.1) is 5.88 Å². The van der Waals surface area contributed by atoms with Crippen LogP contribution in [0.3, 0.4) is 0 Å². The molecule has 19 heavy (non-hydrogen) atoms. The molecule has 6 nitrogen and oxygen atoms in total. The van der Waals surface area contributed by atoms with E-state index in [1.807, 2.05) is 0 Å². The first-order valence-electron chi connectivity index (χ1n) is 6.61. The number of aliphatic carboxylic acids is 1. The summed E-state index contributed by atoms with van der Waals surface area (Å²) in [6, 6.07) is -0.926. The molecule has 2 saturated heterocycles. The van der Waals surface area contributed by atoms with Gasteiger partial charge in [-0.2, -0.15) is 0 Å². The van der Waals surface area contributed by atoms with Crippen molar-refractivity contribution in [3.05, 3.63) is 0 Å². The first kappa shape index (κ1) is 14.5. The number of amides is 2. The molecule has 2 fully saturated rings. The maximum absolute atomic E-state index is 12.0. The molecule has 2 aliphatic rings. The Labute approximate surface area is 117 Å². The van der Waals surface area contributed by atoms with Crippen molar-refractivity contribution >= 4 is 23.8 Å². The molecule has 0 spiro atoms. The van der Waals surface area contributed by atoms with Gasteiger partial charge >= 0.3 is 12.0 Å². The summed E-state index contributed by atoms with van der Waals surface area (Å²) in [5, 5.41) is 11.9. The molecule has 0 bridgehead atoms. The van der Waals surface area contributed by atoms with Gasteiger partial charge < -0.3 is 20.2 Å². The zero-order chi connectivity index (χ0) is 13.8. The van der Waals surface area contributed by atoms with Crippen molar-refractivity contribution in [1.82, 2.24) is 15.1 Å². The van der Waals surface area contributed by atoms with E-state index < -0.39 is 12.0 Å². The molecule has 0 aromatic carbocycles. The number of hydrogen-bond acceptors (Lipinski definition) is 4. The number of carbonyl (C=O) groups is 2. The highest BCUT2D eigenvalue weighted by Gasteiger charge is 2.34. The standard InChI is InChI=1S/C12H21N3O3S/c1-14-4-2-3-9(6-14)5-13-12(18)15-8-19-7-10(15)11(16)17/h9-10H,2-8H2,1H3,(H,13,18)(H,16,17)/t9?,10-/m0/s1. The fourth-order valence-electron chi connectivity index (χ4n) is 2.62. The molecule has 7 heteroatoms. The number of rotatable bonds is 3. The number of urea groups is 1. The maximum Gasteiger partial charge on any atom is 0.327 e. The van der Waals surface area contributed by atoms with E-state index in [0.29, 0.717) is 24.1 Å². The Bertz CT molecular complexity index is 353. The van der Waals surface area contributed by atoms with Crippen LogP contribution in [-0.2, 0) is 4.79 Å². The molecule has 0 saturated carbocycles. The van der Waals surface area contributed by atoms with E-state index in [2.05, 4.69) is 17.3 Å². The summed E-state index contributed by atoms with van der Waals surface area (Å²) < 4.78 is 0. The van der Waals surface area contributed by atoms with Gasteiger partial charge in [0.2, 0.25) is 0 Å². The number of carboxylic acid groups (broad SMARTS) is 1. The Morgan fingerprint density at radius 2 is 2.26 bits per heavy atom. The zero-order valence-corrected chi connectivity index (χ0v) is 12.0. The first-order valence-corrected chi connectivity index (χ1v) is 7.77. The largest absolute Gasteiger partial charge is 0.480 e. The summed E-state index contributed by atoms with van der Waals surface area (Å²) in [6.07, 6.45) is 2.29. The normalized spacial score (nSPS) is 28.4. The second kappa shape index (κ2) is 6.47. The van der Waals surface area contributed by atoms with Crippen molar-refractivity contribution in [2.45, 2.75) is 18.9 Å². The molecule has 1 unspecified atom stereocenters. The molecule has 0 radical (unpaired) electrons. The lowest BCUT2D eigenvalue weighted by Crippen LogP contribution is -2.49. The van der Waals surface area contributed by atoms with Crippen LogP contribution >= 0.6 is 11.8 Å². The van der Waals surface area contributed by atoms with Crippen molar-refractivity contribution < 1.29 is 14.7 Å². The van der Waals surface area contributed by atoms with Gasteiger partial charge in [-0.05, 0) is 32.4 Å². The number of carboxylic acids is 1. The second-order valence-corrected chi connectivity index (χ2v) is 6.28. The minimum absolute atomic E-state index is 0.245. The smallest absolute Gasteiger partial charge is 0.327 e. The molecule has 2 aliphatic heterocycles. The van der Waals surface area contributed by atoms with E-state index >= 15 is 0 Å². The lowest BCUT2D eigenvalue weighted by Gasteiger charge is -2.30. The molecule has 0 aliphatic carbocycles. The van der Waals surface area contributed by atoms with Crippen LogP contribution in [0.5, 0.6) is 0 Å². The van der Waals surface area contributed by atoms with Gasteiger partial charge in [-0.1, -0.05) is 0 Å². The van der Waals surface area contributed by atoms with Gasteiger partial charge in [0, 0.05) is 18.8 Å². The Balaban J connectivity index is 1.79. The fraction of sp³-hybridized carbons (Fsp3) is 0.833. The van der Waals surface area contributed by atoms with Crippen molar-refractivity contribution in [1.29, 1.82) is 0 Å². The van der Waals surface area contributed by atoms with Crippen LogP contribution < -0.4 is 5.32 Å². The Morgan fingerprint density at radius 3 is 2.95 bits per heavy atom. The van der Waals surface area contributed by atoms with Crippen LogP contribution in [0.2, 0.25) is 0 Å². The van der Waals surface area contributed by atoms with Crippen LogP contribution in [0.15, 0.2) is 0 Å². The van der Waals surface area contributed by atoms with Gasteiger partial charge in [0.1, 0.15) is 6.04 Å². The maximum atomic E-state index is 12.0. The highest BCUT2D eigenvalue weighted by Crippen LogP contribution is 2.21. The first-order chi connectivity index (χ1) is 9.08. The average molecular weight is 287 g/mol. The fourth-order valence-corrected chi connectivity index (χ4v) is 3.77. The Morgan fingerprint density at radius 1 is 1.47 bits per heavy atom. The third kappa shape index (κ3) is 3.76. The summed E-state index contributed by atoms with van der Waals surface area (Å²) in [7, 11) is 2.09. The minimum atomic E-state index is -0.919. The molecule has 108 valence electrons. The second-order valence-electron chi connectivity index (χ2n) is 5.28. The van der Waals surface area contributed by atoms with Gasteiger partial charge in [-0.15, -0.1) is 11.8 Å². The molecule has 0 aromatic heterocycles. The Kier molecular flexibility index (Phi) is 4.93. The lowest BCUT2D eigenvalue weighted by molar-refractivity contribution is -0.140. The third-order valence-electron chi connectivity index (χ3n) is 3.69. The highest BCUT2D eigenvalue weighted by molar-refractivity contribution is 7.99. The zero-order valence-electron chi connectivity index (χ0n) is 11.2. The van der Waals surface area contributed by atoms with Gasteiger partial charge in [0.25, 0.3) is 0 Å². The average Bonchev–Trinajstić information content (AvgIpc) is 2.85. The van der Waals surface area contributed by atoms with Gasteiger partial charge in [-0.3, -0.25) is 0 Å². The van der Waals surface area contributed by atoms with E-state index in [1.54, 1.807) is 0 Å². The number of carbonyl (C=O) groups excluding carboxylic acids is 1. The van der Waals surface area contributed by atoms with Crippen LogP contribution in [0.25, 0.3) is 0 Å². The van der Waals surface area contributed by atoms with E-state index in [0.717, 1.165) is 25.9 Å². The number of nitrogens with zero attached hydrogens (tertiary/aromatic N) is 2. The van der Waals surface area contributed by atoms with E-state index in [1.165, 1.54) is 16.7 Å². The molecule has 2 rings (SSSR count). The Hall–Kier alpha value is -0.950. The molecule has 2 atom stereocenters. The van der Waals surface area contributed by atoms with Crippen LogP contribution in [0.1, 0.15) is 12.8 Å². The van der Waals surface area contributed by atoms with Gasteiger partial charge in [0.15, 0.2) is 0 Å². The lowest BCUT2D eigenvalue weighted by atomic mass is 9.99. The van der Waals surface area contributed by atoms with Crippen LogP contribution in [0, 0.1) is 5.92 Å². The number of hydrogen-bond donors (Lipinski definition) is 2. The van der Waals surface area contributed by atoms with Crippen molar-refractivity contribution in [2.24, 2.45) is 5.92 Å². The summed E-state index contributed by atoms with van der Waals surface area (Å²) in [5.74, 6) is 0.501. The predicted molar refractivity (Wildman–Crippen MR) is 74.2 cm³/mol. The van der Waals surface area contributed by atoms with Crippen molar-refractivity contribution in [3.63, 3.8) is 0 Å². The monoisotopic (exact) mass is 287 g/mol. The molecule has 2 amide bonds. The van der Waals surface area contributed by atoms with E-state index in [-0.39, 0.29) is 6.03 Å². The van der Waals surface area contributed by atoms with E-state index in [4.69, 9.17) is 5.11 Å². The van der Waals surface area contributed by atoms with Crippen LogP contribution in [0.4, 0.5) is 4.79 Å². The number of piperidine rings is 1. The van der Waals surface area contributed by atoms with Crippen molar-refractivity contribution in [2.75, 3.05) is 38.3 Å². The number of nitrogens with one attached hydrogen (secondary N) is 1. The molecule has 2 heterocycles. The topological polar surface area (TPSA) is 72.9 Å². The molecular formula is C12H21N3O3S. The minimum Gasteiger partial charge on any atom is -0.480 e. The number of likely N-dealkylation sites (tertiary alicyclic amines) is 1. The number of thioether (sulfide) groups is 1. The molecule has 2 N–H and O–H groups in total. The SMILES string of the molecule is CN1CCCC(CNC(=O)N2CSC[C@H]2C(=O)O)C1. The van der Waals surface area contributed by atoms with Gasteiger partial charge in [-0.25, -0.2) is 9.59 Å². The summed E-state index contributed by atoms with van der Waals surface area (Å²) >= 11 is 1.48. The summed E-state index contributed by atoms with van der Waals surface area (Å²) in [4.78, 5) is 26.7. The van der Waals surface area contributed by atoms with E-state index in [9.17, 15) is 9.59 Å². The van der Waals surface area contributed by atoms with Crippen molar-refractivity contribution in [3.8, 4) is 0 Å². The molecular weight excluding hydrogens is 266 g/mol. The molecule has 0 aromatic rings. The summed E-state index contributed by atoms with van der Waals surface area (Å²) in [6.45, 7) is 2.75. The third-order valence-corrected chi connectivity index (χ3v) is 4.70. The predicted octanol–water partition coefficient (Wildman–Crippen LogP) is 0.497.